The molecule has 0 amide bonds. The van der Waals surface area contributed by atoms with Gasteiger partial charge in [-0.3, -0.25) is 0 Å². The van der Waals surface area contributed by atoms with Gasteiger partial charge in [0.05, 0.1) is 17.1 Å². The van der Waals surface area contributed by atoms with E-state index >= 15 is 0 Å². The van der Waals surface area contributed by atoms with Crippen molar-refractivity contribution in [3.05, 3.63) is 30.1 Å². The highest BCUT2D eigenvalue weighted by molar-refractivity contribution is 5.76. The van der Waals surface area contributed by atoms with Crippen molar-refractivity contribution < 1.29 is 0 Å². The SMILES string of the molecule is CCNC1CCCCCC1n1c(C)nc2ccccc21. The number of hydrogen-bond donors (Lipinski definition) is 1. The van der Waals surface area contributed by atoms with Crippen molar-refractivity contribution in [2.75, 3.05) is 6.54 Å². The van der Waals surface area contributed by atoms with Crippen molar-refractivity contribution >= 4 is 11.0 Å². The molecule has 1 aromatic heterocycles. The summed E-state index contributed by atoms with van der Waals surface area (Å²) in [4.78, 5) is 4.75. The second kappa shape index (κ2) is 5.96. The lowest BCUT2D eigenvalue weighted by Gasteiger charge is -2.28. The summed E-state index contributed by atoms with van der Waals surface area (Å²) in [5.41, 5.74) is 2.42. The lowest BCUT2D eigenvalue weighted by molar-refractivity contribution is 0.337. The van der Waals surface area contributed by atoms with Crippen LogP contribution in [0.15, 0.2) is 24.3 Å². The van der Waals surface area contributed by atoms with Crippen LogP contribution in [0.1, 0.15) is 50.9 Å². The molecule has 1 aliphatic rings. The zero-order chi connectivity index (χ0) is 13.9. The molecule has 1 N–H and O–H groups in total. The van der Waals surface area contributed by atoms with Crippen molar-refractivity contribution in [3.63, 3.8) is 0 Å². The molecule has 3 rings (SSSR count). The first-order chi connectivity index (χ1) is 9.81. The minimum absolute atomic E-state index is 0.546. The maximum Gasteiger partial charge on any atom is 0.107 e. The lowest BCUT2D eigenvalue weighted by Crippen LogP contribution is -2.37. The van der Waals surface area contributed by atoms with Crippen molar-refractivity contribution in [3.8, 4) is 0 Å². The standard InChI is InChI=1S/C17H25N3/c1-3-18-14-9-5-4-6-11-16(14)20-13(2)19-15-10-7-8-12-17(15)20/h7-8,10,12,14,16,18H,3-6,9,11H2,1-2H3. The van der Waals surface area contributed by atoms with E-state index in [0.717, 1.165) is 17.9 Å². The number of fused-ring (bicyclic) bond motifs is 1. The Morgan fingerprint density at radius 1 is 1.20 bits per heavy atom. The Kier molecular flexibility index (Phi) is 4.06. The van der Waals surface area contributed by atoms with Crippen LogP contribution in [-0.4, -0.2) is 22.1 Å². The van der Waals surface area contributed by atoms with Gasteiger partial charge in [0, 0.05) is 6.04 Å². The number of nitrogens with zero attached hydrogens (tertiary/aromatic N) is 2. The van der Waals surface area contributed by atoms with Crippen LogP contribution in [0, 0.1) is 6.92 Å². The summed E-state index contributed by atoms with van der Waals surface area (Å²) in [5.74, 6) is 1.15. The number of aromatic nitrogens is 2. The second-order valence-electron chi connectivity index (χ2n) is 5.89. The van der Waals surface area contributed by atoms with Crippen molar-refractivity contribution in [2.24, 2.45) is 0 Å². The predicted molar refractivity (Wildman–Crippen MR) is 84.1 cm³/mol. The van der Waals surface area contributed by atoms with Crippen LogP contribution in [0.25, 0.3) is 11.0 Å². The minimum Gasteiger partial charge on any atom is -0.324 e. The van der Waals surface area contributed by atoms with Gasteiger partial charge in [-0.25, -0.2) is 4.98 Å². The van der Waals surface area contributed by atoms with E-state index in [1.54, 1.807) is 0 Å². The molecule has 1 saturated carbocycles. The maximum absolute atomic E-state index is 4.75. The monoisotopic (exact) mass is 271 g/mol. The number of aryl methyl sites for hydroxylation is 1. The van der Waals surface area contributed by atoms with E-state index in [4.69, 9.17) is 4.98 Å². The normalized spacial score (nSPS) is 23.9. The molecular weight excluding hydrogens is 246 g/mol. The van der Waals surface area contributed by atoms with Crippen molar-refractivity contribution in [2.45, 2.75) is 58.0 Å². The average molecular weight is 271 g/mol. The molecular formula is C17H25N3. The fraction of sp³-hybridized carbons (Fsp3) is 0.588. The molecule has 0 aliphatic heterocycles. The Morgan fingerprint density at radius 2 is 2.00 bits per heavy atom. The Labute approximate surface area is 121 Å². The minimum atomic E-state index is 0.546. The summed E-state index contributed by atoms with van der Waals surface area (Å²) in [7, 11) is 0. The van der Waals surface area contributed by atoms with Gasteiger partial charge in [0.1, 0.15) is 5.82 Å². The molecule has 0 saturated heterocycles. The first-order valence-corrected chi connectivity index (χ1v) is 7.98. The van der Waals surface area contributed by atoms with Gasteiger partial charge >= 0.3 is 0 Å². The third-order valence-electron chi connectivity index (χ3n) is 4.55. The first kappa shape index (κ1) is 13.6. The van der Waals surface area contributed by atoms with E-state index in [9.17, 15) is 0 Å². The number of rotatable bonds is 3. The molecule has 1 heterocycles. The number of imidazole rings is 1. The summed E-state index contributed by atoms with van der Waals surface area (Å²) in [6, 6.07) is 9.66. The van der Waals surface area contributed by atoms with Gasteiger partial charge in [-0.15, -0.1) is 0 Å². The number of para-hydroxylation sites is 2. The van der Waals surface area contributed by atoms with Crippen molar-refractivity contribution in [1.82, 2.24) is 14.9 Å². The highest BCUT2D eigenvalue weighted by Gasteiger charge is 2.26. The van der Waals surface area contributed by atoms with Crippen LogP contribution in [0.2, 0.25) is 0 Å². The molecule has 0 bridgehead atoms. The number of nitrogens with one attached hydrogen (secondary N) is 1. The molecule has 0 spiro atoms. The maximum atomic E-state index is 4.75. The highest BCUT2D eigenvalue weighted by Crippen LogP contribution is 2.31. The molecule has 1 aliphatic carbocycles. The summed E-state index contributed by atoms with van der Waals surface area (Å²) in [5, 5.41) is 3.71. The van der Waals surface area contributed by atoms with Crippen LogP contribution in [0.4, 0.5) is 0 Å². The molecule has 0 radical (unpaired) electrons. The Hall–Kier alpha value is -1.35. The van der Waals surface area contributed by atoms with Gasteiger partial charge in [-0.05, 0) is 38.4 Å². The Bertz CT molecular complexity index is 573. The molecule has 2 unspecified atom stereocenters. The number of hydrogen-bond acceptors (Lipinski definition) is 2. The van der Waals surface area contributed by atoms with Gasteiger partial charge in [-0.1, -0.05) is 38.3 Å². The molecule has 2 aromatic rings. The van der Waals surface area contributed by atoms with Crippen LogP contribution in [0.5, 0.6) is 0 Å². The molecule has 20 heavy (non-hydrogen) atoms. The van der Waals surface area contributed by atoms with E-state index in [0.29, 0.717) is 12.1 Å². The summed E-state index contributed by atoms with van der Waals surface area (Å²) < 4.78 is 2.48. The van der Waals surface area contributed by atoms with Crippen LogP contribution < -0.4 is 5.32 Å². The number of likely N-dealkylation sites (N-methyl/N-ethyl adjacent to an activating group) is 1. The topological polar surface area (TPSA) is 29.9 Å². The van der Waals surface area contributed by atoms with Gasteiger partial charge in [-0.2, -0.15) is 0 Å². The smallest absolute Gasteiger partial charge is 0.107 e. The van der Waals surface area contributed by atoms with E-state index < -0.39 is 0 Å². The van der Waals surface area contributed by atoms with E-state index in [2.05, 4.69) is 48.0 Å². The molecule has 1 fully saturated rings. The van der Waals surface area contributed by atoms with Crippen LogP contribution in [-0.2, 0) is 0 Å². The van der Waals surface area contributed by atoms with Gasteiger partial charge in [0.15, 0.2) is 0 Å². The number of benzene rings is 1. The fourth-order valence-electron chi connectivity index (χ4n) is 3.68. The van der Waals surface area contributed by atoms with Gasteiger partial charge < -0.3 is 9.88 Å². The molecule has 3 heteroatoms. The summed E-state index contributed by atoms with van der Waals surface area (Å²) in [6.45, 7) is 5.40. The van der Waals surface area contributed by atoms with E-state index in [-0.39, 0.29) is 0 Å². The predicted octanol–water partition coefficient (Wildman–Crippen LogP) is 3.83. The zero-order valence-corrected chi connectivity index (χ0v) is 12.6. The van der Waals surface area contributed by atoms with Crippen molar-refractivity contribution in [1.29, 1.82) is 0 Å². The largest absolute Gasteiger partial charge is 0.324 e. The summed E-state index contributed by atoms with van der Waals surface area (Å²) in [6.07, 6.45) is 6.59. The van der Waals surface area contributed by atoms with Crippen LogP contribution in [0.3, 0.4) is 0 Å². The Balaban J connectivity index is 2.04. The third kappa shape index (κ3) is 2.47. The Morgan fingerprint density at radius 3 is 2.85 bits per heavy atom. The molecule has 1 aromatic carbocycles. The first-order valence-electron chi connectivity index (χ1n) is 7.98. The highest BCUT2D eigenvalue weighted by atomic mass is 15.1. The summed E-state index contributed by atoms with van der Waals surface area (Å²) >= 11 is 0. The van der Waals surface area contributed by atoms with E-state index in [1.807, 2.05) is 0 Å². The average Bonchev–Trinajstić information content (AvgIpc) is 2.62. The third-order valence-corrected chi connectivity index (χ3v) is 4.55. The molecule has 2 atom stereocenters. The second-order valence-corrected chi connectivity index (χ2v) is 5.89. The van der Waals surface area contributed by atoms with Crippen LogP contribution >= 0.6 is 0 Å². The van der Waals surface area contributed by atoms with Gasteiger partial charge in [0.25, 0.3) is 0 Å². The quantitative estimate of drug-likeness (QED) is 0.860. The van der Waals surface area contributed by atoms with E-state index in [1.165, 1.54) is 37.6 Å². The molecule has 108 valence electrons. The van der Waals surface area contributed by atoms with Gasteiger partial charge in [0.2, 0.25) is 0 Å². The fourth-order valence-corrected chi connectivity index (χ4v) is 3.68. The zero-order valence-electron chi connectivity index (χ0n) is 12.6. The molecule has 3 nitrogen and oxygen atoms in total. The lowest BCUT2D eigenvalue weighted by atomic mass is 10.0.